The Bertz CT molecular complexity index is 415. The fourth-order valence-electron chi connectivity index (χ4n) is 2.95. The van der Waals surface area contributed by atoms with Gasteiger partial charge in [0.2, 0.25) is 0 Å². The molecule has 0 bridgehead atoms. The maximum Gasteiger partial charge on any atom is 0.134 e. The molecule has 1 aromatic rings. The number of hydrogen-bond acceptors (Lipinski definition) is 5. The minimum Gasteiger partial charge on any atom is -0.383 e. The van der Waals surface area contributed by atoms with Crippen molar-refractivity contribution >= 4 is 11.6 Å². The topological polar surface area (TPSA) is 67.1 Å². The van der Waals surface area contributed by atoms with Crippen molar-refractivity contribution in [2.24, 2.45) is 0 Å². The summed E-state index contributed by atoms with van der Waals surface area (Å²) in [5.41, 5.74) is 6.99. The van der Waals surface area contributed by atoms with Crippen LogP contribution in [0.5, 0.6) is 0 Å². The quantitative estimate of drug-likeness (QED) is 0.800. The summed E-state index contributed by atoms with van der Waals surface area (Å²) < 4.78 is 0. The average molecular weight is 277 g/mol. The van der Waals surface area contributed by atoms with Gasteiger partial charge in [-0.3, -0.25) is 0 Å². The van der Waals surface area contributed by atoms with Crippen LogP contribution in [-0.4, -0.2) is 41.0 Å². The highest BCUT2D eigenvalue weighted by Gasteiger charge is 2.19. The second-order valence-electron chi connectivity index (χ2n) is 5.68. The van der Waals surface area contributed by atoms with Gasteiger partial charge in [-0.15, -0.1) is 0 Å². The van der Waals surface area contributed by atoms with Crippen LogP contribution in [0.1, 0.15) is 44.6 Å². The molecule has 0 spiro atoms. The predicted octanol–water partition coefficient (Wildman–Crippen LogP) is 2.30. The van der Waals surface area contributed by atoms with E-state index in [9.17, 15) is 0 Å². The summed E-state index contributed by atoms with van der Waals surface area (Å²) in [6, 6.07) is 0.766. The normalized spacial score (nSPS) is 15.9. The van der Waals surface area contributed by atoms with Gasteiger partial charge in [-0.1, -0.05) is 26.2 Å². The van der Waals surface area contributed by atoms with Crippen LogP contribution in [0.15, 0.2) is 6.33 Å². The van der Waals surface area contributed by atoms with Gasteiger partial charge < -0.3 is 16.0 Å². The molecular weight excluding hydrogens is 250 g/mol. The number of nitrogens with zero attached hydrogens (tertiary/aromatic N) is 3. The molecule has 0 radical (unpaired) electrons. The number of likely N-dealkylation sites (N-methyl/N-ethyl adjacent to an activating group) is 1. The number of hydrogen-bond donors (Lipinski definition) is 2. The molecule has 1 aromatic heterocycles. The molecule has 2 rings (SSSR count). The molecule has 112 valence electrons. The minimum atomic E-state index is 0.605. The van der Waals surface area contributed by atoms with E-state index in [0.29, 0.717) is 5.82 Å². The molecule has 1 fully saturated rings. The lowest BCUT2D eigenvalue weighted by atomic mass is 10.1. The van der Waals surface area contributed by atoms with Gasteiger partial charge in [0, 0.05) is 24.7 Å². The maximum absolute atomic E-state index is 5.94. The smallest absolute Gasteiger partial charge is 0.134 e. The van der Waals surface area contributed by atoms with Crippen molar-refractivity contribution in [2.45, 2.75) is 51.5 Å². The standard InChI is InChI=1S/C15H27N5/c1-3-6-13-14(16)18-11-19-15(13)17-9-10-20(2)12-7-4-5-8-12/h11-12H,3-10H2,1-2H3,(H3,16,17,18,19). The number of aromatic nitrogens is 2. The summed E-state index contributed by atoms with van der Waals surface area (Å²) in [5.74, 6) is 1.51. The molecule has 20 heavy (non-hydrogen) atoms. The van der Waals surface area contributed by atoms with Crippen molar-refractivity contribution in [2.75, 3.05) is 31.2 Å². The summed E-state index contributed by atoms with van der Waals surface area (Å²) >= 11 is 0. The number of nitrogen functional groups attached to an aromatic ring is 1. The molecule has 0 amide bonds. The lowest BCUT2D eigenvalue weighted by Crippen LogP contribution is -2.33. The summed E-state index contributed by atoms with van der Waals surface area (Å²) in [6.45, 7) is 4.09. The number of rotatable bonds is 7. The third kappa shape index (κ3) is 3.82. The van der Waals surface area contributed by atoms with Crippen molar-refractivity contribution < 1.29 is 0 Å². The molecular formula is C15H27N5. The molecule has 1 heterocycles. The van der Waals surface area contributed by atoms with E-state index < -0.39 is 0 Å². The highest BCUT2D eigenvalue weighted by molar-refractivity contribution is 5.54. The first kappa shape index (κ1) is 15.0. The van der Waals surface area contributed by atoms with Crippen LogP contribution in [0.4, 0.5) is 11.6 Å². The van der Waals surface area contributed by atoms with Crippen LogP contribution in [0.2, 0.25) is 0 Å². The van der Waals surface area contributed by atoms with Crippen LogP contribution < -0.4 is 11.1 Å². The van der Waals surface area contributed by atoms with E-state index in [4.69, 9.17) is 5.73 Å². The Balaban J connectivity index is 1.85. The summed E-state index contributed by atoms with van der Waals surface area (Å²) in [4.78, 5) is 10.9. The molecule has 1 saturated carbocycles. The number of nitrogens with one attached hydrogen (secondary N) is 1. The van der Waals surface area contributed by atoms with E-state index in [1.165, 1.54) is 32.0 Å². The first-order chi connectivity index (χ1) is 9.72. The lowest BCUT2D eigenvalue weighted by Gasteiger charge is -2.24. The molecule has 1 aliphatic rings. The van der Waals surface area contributed by atoms with Gasteiger partial charge in [0.1, 0.15) is 18.0 Å². The Kier molecular flexibility index (Phi) is 5.59. The molecule has 0 atom stereocenters. The largest absolute Gasteiger partial charge is 0.383 e. The molecule has 0 aromatic carbocycles. The zero-order chi connectivity index (χ0) is 14.4. The minimum absolute atomic E-state index is 0.605. The van der Waals surface area contributed by atoms with Gasteiger partial charge in [-0.25, -0.2) is 9.97 Å². The number of nitrogens with two attached hydrogens (primary N) is 1. The predicted molar refractivity (Wildman–Crippen MR) is 83.8 cm³/mol. The first-order valence-electron chi connectivity index (χ1n) is 7.75. The van der Waals surface area contributed by atoms with E-state index in [-0.39, 0.29) is 0 Å². The zero-order valence-corrected chi connectivity index (χ0v) is 12.7. The van der Waals surface area contributed by atoms with Gasteiger partial charge in [-0.2, -0.15) is 0 Å². The van der Waals surface area contributed by atoms with Crippen LogP contribution in [0.3, 0.4) is 0 Å². The Morgan fingerprint density at radius 3 is 2.80 bits per heavy atom. The summed E-state index contributed by atoms with van der Waals surface area (Å²) in [5, 5.41) is 3.42. The van der Waals surface area contributed by atoms with Gasteiger partial charge in [0.25, 0.3) is 0 Å². The van der Waals surface area contributed by atoms with Crippen molar-refractivity contribution in [3.63, 3.8) is 0 Å². The van der Waals surface area contributed by atoms with E-state index >= 15 is 0 Å². The Morgan fingerprint density at radius 2 is 2.10 bits per heavy atom. The van der Waals surface area contributed by atoms with E-state index in [1.54, 1.807) is 0 Å². The molecule has 5 heteroatoms. The maximum atomic E-state index is 5.94. The van der Waals surface area contributed by atoms with Crippen molar-refractivity contribution in [1.82, 2.24) is 14.9 Å². The molecule has 0 saturated heterocycles. The summed E-state index contributed by atoms with van der Waals surface area (Å²) in [7, 11) is 2.22. The highest BCUT2D eigenvalue weighted by Crippen LogP contribution is 2.22. The van der Waals surface area contributed by atoms with Crippen LogP contribution >= 0.6 is 0 Å². The van der Waals surface area contributed by atoms with Crippen LogP contribution in [0, 0.1) is 0 Å². The fourth-order valence-corrected chi connectivity index (χ4v) is 2.95. The van der Waals surface area contributed by atoms with Crippen LogP contribution in [-0.2, 0) is 6.42 Å². The van der Waals surface area contributed by atoms with E-state index in [0.717, 1.165) is 43.4 Å². The Morgan fingerprint density at radius 1 is 1.35 bits per heavy atom. The SMILES string of the molecule is CCCc1c(N)ncnc1NCCN(C)C1CCCC1. The summed E-state index contributed by atoms with van der Waals surface area (Å²) in [6.07, 6.45) is 8.96. The van der Waals surface area contributed by atoms with Crippen LogP contribution in [0.25, 0.3) is 0 Å². The van der Waals surface area contributed by atoms with Crippen molar-refractivity contribution in [1.29, 1.82) is 0 Å². The van der Waals surface area contributed by atoms with Gasteiger partial charge in [0.05, 0.1) is 0 Å². The second kappa shape index (κ2) is 7.43. The molecule has 5 nitrogen and oxygen atoms in total. The molecule has 3 N–H and O–H groups in total. The average Bonchev–Trinajstić information content (AvgIpc) is 2.96. The fraction of sp³-hybridized carbons (Fsp3) is 0.733. The third-order valence-electron chi connectivity index (χ3n) is 4.18. The number of anilines is 2. The zero-order valence-electron chi connectivity index (χ0n) is 12.7. The molecule has 0 aliphatic heterocycles. The van der Waals surface area contributed by atoms with Gasteiger partial charge in [0.15, 0.2) is 0 Å². The lowest BCUT2D eigenvalue weighted by molar-refractivity contribution is 0.254. The van der Waals surface area contributed by atoms with Gasteiger partial charge >= 0.3 is 0 Å². The van der Waals surface area contributed by atoms with Gasteiger partial charge in [-0.05, 0) is 26.3 Å². The monoisotopic (exact) mass is 277 g/mol. The molecule has 0 unspecified atom stereocenters. The van der Waals surface area contributed by atoms with Crippen molar-refractivity contribution in [3.8, 4) is 0 Å². The highest BCUT2D eigenvalue weighted by atomic mass is 15.2. The van der Waals surface area contributed by atoms with E-state index in [2.05, 4.69) is 34.2 Å². The second-order valence-corrected chi connectivity index (χ2v) is 5.68. The Labute approximate surface area is 122 Å². The first-order valence-corrected chi connectivity index (χ1v) is 7.75. The third-order valence-corrected chi connectivity index (χ3v) is 4.18. The molecule has 1 aliphatic carbocycles. The Hall–Kier alpha value is -1.36. The van der Waals surface area contributed by atoms with Crippen molar-refractivity contribution in [3.05, 3.63) is 11.9 Å². The van der Waals surface area contributed by atoms with E-state index in [1.807, 2.05) is 0 Å².